The number of ether oxygens (including phenoxy) is 4. The molecule has 0 aliphatic rings. The topological polar surface area (TPSA) is 155 Å². The highest BCUT2D eigenvalue weighted by Crippen LogP contribution is 2.57. The van der Waals surface area contributed by atoms with Crippen LogP contribution in [-0.2, 0) is 49.3 Å². The van der Waals surface area contributed by atoms with Crippen LogP contribution >= 0.6 is 7.60 Å². The number of hydrogen-bond donors (Lipinski definition) is 0. The van der Waals surface area contributed by atoms with Crippen LogP contribution in [0.5, 0.6) is 23.0 Å². The molecule has 6 rings (SSSR count). The van der Waals surface area contributed by atoms with E-state index in [-0.39, 0.29) is 52.0 Å². The molecule has 0 saturated heterocycles. The highest BCUT2D eigenvalue weighted by molar-refractivity contribution is 7.93. The number of sulfonamides is 1. The molecule has 6 aromatic rings. The van der Waals surface area contributed by atoms with Crippen LogP contribution in [0.1, 0.15) is 85.3 Å². The lowest BCUT2D eigenvalue weighted by molar-refractivity contribution is -0.335. The van der Waals surface area contributed by atoms with Crippen LogP contribution in [0.3, 0.4) is 0 Å². The summed E-state index contributed by atoms with van der Waals surface area (Å²) in [6.45, 7) is 10.5. The number of halogens is 2. The van der Waals surface area contributed by atoms with Crippen LogP contribution in [0, 0.1) is 0 Å². The van der Waals surface area contributed by atoms with Gasteiger partial charge in [0.1, 0.15) is 23.0 Å². The standard InChI is InChI=1S/C53H58F2NO10PS/c1-50(2,3)47-37(23-28-42(48(47)51(4,5)6)53(54,55)67(58,59)60)34-52(38-19-15-12-16-20-38,49(57)36-17-13-11-14-18-36)33-35-21-26-41(27-22-35)68(61,62)56(43-29-24-39(63-7)31-45(43)65-9)44-30-25-40(64-8)32-46(44)66-10/h11-32H,33-34H2,1-10H3,(H2,58,59,60)/p-2. The SMILES string of the molecule is COc1ccc(N(c2ccc(OC)cc2OC)S(=O)(=O)c2ccc(CC(Cc3ccc(C(F)(F)P(=O)([O-])[O-])c(C(C)(C)C)c3C(C)(C)C)(C(=O)c3ccccc3)c3ccccc3)cc2)c(OC)c1. The summed E-state index contributed by atoms with van der Waals surface area (Å²) >= 11 is 0. The number of hydrogen-bond acceptors (Lipinski definition) is 10. The Morgan fingerprint density at radius 1 is 0.618 bits per heavy atom. The van der Waals surface area contributed by atoms with Crippen molar-refractivity contribution in [3.8, 4) is 23.0 Å². The fourth-order valence-corrected chi connectivity index (χ4v) is 10.9. The van der Waals surface area contributed by atoms with Crippen molar-refractivity contribution in [3.63, 3.8) is 0 Å². The third-order valence-corrected chi connectivity index (χ3v) is 14.6. The van der Waals surface area contributed by atoms with Crippen molar-refractivity contribution in [2.24, 2.45) is 0 Å². The molecule has 0 saturated carbocycles. The summed E-state index contributed by atoms with van der Waals surface area (Å²) in [6.07, 6.45) is -0.0723. The predicted octanol–water partition coefficient (Wildman–Crippen LogP) is 10.4. The number of methoxy groups -OCH3 is 4. The minimum Gasteiger partial charge on any atom is -0.806 e. The number of carbonyl (C=O) groups excluding carboxylic acids is 1. The molecule has 1 atom stereocenters. The summed E-state index contributed by atoms with van der Waals surface area (Å²) < 4.78 is 97.6. The Bertz CT molecular complexity index is 2880. The lowest BCUT2D eigenvalue weighted by Gasteiger charge is -2.43. The smallest absolute Gasteiger partial charge is 0.297 e. The molecule has 68 heavy (non-hydrogen) atoms. The van der Waals surface area contributed by atoms with Crippen LogP contribution in [0.4, 0.5) is 20.2 Å². The molecular formula is C53H56F2NO10PS-2. The van der Waals surface area contributed by atoms with Gasteiger partial charge in [0.2, 0.25) is 0 Å². The molecule has 0 amide bonds. The van der Waals surface area contributed by atoms with Crippen LogP contribution in [0.25, 0.3) is 0 Å². The molecule has 0 aliphatic heterocycles. The van der Waals surface area contributed by atoms with E-state index in [0.29, 0.717) is 39.3 Å². The number of Topliss-reactive ketones (excluding diaryl/α,β-unsaturated/α-hetero) is 1. The van der Waals surface area contributed by atoms with E-state index in [1.165, 1.54) is 46.6 Å². The number of benzene rings is 6. The van der Waals surface area contributed by atoms with E-state index in [1.54, 1.807) is 112 Å². The molecule has 0 aliphatic carbocycles. The summed E-state index contributed by atoms with van der Waals surface area (Å²) in [6, 6.07) is 35.7. The summed E-state index contributed by atoms with van der Waals surface area (Å²) in [5, 5.41) is 0. The van der Waals surface area contributed by atoms with Crippen molar-refractivity contribution in [1.82, 2.24) is 0 Å². The minimum absolute atomic E-state index is 0.00391. The van der Waals surface area contributed by atoms with Gasteiger partial charge in [-0.15, -0.1) is 0 Å². The van der Waals surface area contributed by atoms with Gasteiger partial charge in [-0.3, -0.25) is 4.79 Å². The van der Waals surface area contributed by atoms with Gasteiger partial charge < -0.3 is 33.3 Å². The summed E-state index contributed by atoms with van der Waals surface area (Å²) in [7, 11) is -5.22. The number of carbonyl (C=O) groups is 1. The second kappa shape index (κ2) is 19.5. The zero-order valence-corrected chi connectivity index (χ0v) is 41.5. The van der Waals surface area contributed by atoms with E-state index in [9.17, 15) is 14.4 Å². The van der Waals surface area contributed by atoms with Crippen molar-refractivity contribution < 1.29 is 55.3 Å². The third-order valence-electron chi connectivity index (χ3n) is 11.9. The Balaban J connectivity index is 1.59. The Hall–Kier alpha value is -6.05. The Labute approximate surface area is 397 Å². The maximum absolute atomic E-state index is 15.9. The molecule has 0 N–H and O–H groups in total. The monoisotopic (exact) mass is 967 g/mol. The second-order valence-corrected chi connectivity index (χ2v) is 21.9. The number of ketones is 1. The molecule has 0 bridgehead atoms. The Morgan fingerprint density at radius 3 is 1.54 bits per heavy atom. The van der Waals surface area contributed by atoms with Gasteiger partial charge in [0.05, 0.1) is 50.1 Å². The van der Waals surface area contributed by atoms with Crippen molar-refractivity contribution in [2.75, 3.05) is 32.7 Å². The lowest BCUT2D eigenvalue weighted by atomic mass is 9.64. The quantitative estimate of drug-likeness (QED) is 0.0637. The zero-order chi connectivity index (χ0) is 50.0. The number of nitrogens with zero attached hydrogens (tertiary/aromatic N) is 1. The Kier molecular flexibility index (Phi) is 14.7. The van der Waals surface area contributed by atoms with Gasteiger partial charge in [-0.25, -0.2) is 12.7 Å². The Morgan fingerprint density at radius 2 is 1.10 bits per heavy atom. The maximum atomic E-state index is 15.9. The van der Waals surface area contributed by atoms with Crippen LogP contribution in [-0.4, -0.2) is 42.6 Å². The van der Waals surface area contributed by atoms with Crippen molar-refractivity contribution in [2.45, 2.75) is 81.2 Å². The molecule has 11 nitrogen and oxygen atoms in total. The summed E-state index contributed by atoms with van der Waals surface area (Å²) in [5.41, 5.74) is -6.47. The molecule has 6 aromatic carbocycles. The molecule has 0 radical (unpaired) electrons. The van der Waals surface area contributed by atoms with Gasteiger partial charge in [0.15, 0.2) is 5.78 Å². The van der Waals surface area contributed by atoms with E-state index in [0.717, 1.165) is 10.4 Å². The van der Waals surface area contributed by atoms with Crippen molar-refractivity contribution in [1.29, 1.82) is 0 Å². The highest BCUT2D eigenvalue weighted by Gasteiger charge is 2.46. The predicted molar refractivity (Wildman–Crippen MR) is 257 cm³/mol. The summed E-state index contributed by atoms with van der Waals surface area (Å²) in [4.78, 5) is 39.9. The number of rotatable bonds is 17. The highest BCUT2D eigenvalue weighted by atomic mass is 32.2. The molecule has 0 spiro atoms. The first-order valence-electron chi connectivity index (χ1n) is 21.7. The largest absolute Gasteiger partial charge is 0.806 e. The molecule has 0 fully saturated rings. The van der Waals surface area contributed by atoms with Gasteiger partial charge in [-0.1, -0.05) is 126 Å². The van der Waals surface area contributed by atoms with Gasteiger partial charge in [-0.05, 0) is 87.9 Å². The molecule has 1 unspecified atom stereocenters. The van der Waals surface area contributed by atoms with Gasteiger partial charge >= 0.3 is 0 Å². The van der Waals surface area contributed by atoms with E-state index < -0.39 is 45.1 Å². The maximum Gasteiger partial charge on any atom is 0.297 e. The van der Waals surface area contributed by atoms with Crippen molar-refractivity contribution >= 4 is 34.8 Å². The molecule has 0 aromatic heterocycles. The fourth-order valence-electron chi connectivity index (χ4n) is 8.86. The van der Waals surface area contributed by atoms with Crippen molar-refractivity contribution in [3.05, 3.63) is 172 Å². The average Bonchev–Trinajstić information content (AvgIpc) is 3.30. The average molecular weight is 968 g/mol. The van der Waals surface area contributed by atoms with Crippen LogP contribution in [0.2, 0.25) is 0 Å². The number of alkyl halides is 2. The first-order chi connectivity index (χ1) is 31.8. The van der Waals surface area contributed by atoms with Crippen LogP contribution in [0.15, 0.2) is 138 Å². The first kappa shape index (κ1) is 51.3. The molecule has 360 valence electrons. The van der Waals surface area contributed by atoms with E-state index in [4.69, 9.17) is 18.9 Å². The second-order valence-electron chi connectivity index (χ2n) is 18.5. The van der Waals surface area contributed by atoms with Gasteiger partial charge in [0.25, 0.3) is 15.7 Å². The van der Waals surface area contributed by atoms with E-state index in [1.807, 2.05) is 39.0 Å². The first-order valence-corrected chi connectivity index (χ1v) is 24.6. The van der Waals surface area contributed by atoms with Crippen LogP contribution < -0.4 is 33.0 Å². The molecule has 0 heterocycles. The van der Waals surface area contributed by atoms with E-state index in [2.05, 4.69) is 0 Å². The van der Waals surface area contributed by atoms with Gasteiger partial charge in [-0.2, -0.15) is 8.78 Å². The van der Waals surface area contributed by atoms with Gasteiger partial charge in [0, 0.05) is 30.9 Å². The lowest BCUT2D eigenvalue weighted by Crippen LogP contribution is -2.42. The normalized spacial score (nSPS) is 13.3. The minimum atomic E-state index is -6.49. The fraction of sp³-hybridized carbons (Fsp3) is 0.302. The number of anilines is 2. The zero-order valence-electron chi connectivity index (χ0n) is 39.8. The van der Waals surface area contributed by atoms with E-state index >= 15 is 22.0 Å². The summed E-state index contributed by atoms with van der Waals surface area (Å²) in [5.74, 6) is 0.918. The molecule has 15 heteroatoms. The molecular weight excluding hydrogens is 912 g/mol. The third kappa shape index (κ3) is 10.1.